The Bertz CT molecular complexity index is 543. The number of hydrogen-bond donors (Lipinski definition) is 1. The van der Waals surface area contributed by atoms with Gasteiger partial charge in [0, 0.05) is 12.7 Å². The monoisotopic (exact) mass is 271 g/mol. The number of ether oxygens (including phenoxy) is 1. The molecule has 0 radical (unpaired) electrons. The molecule has 106 valence electrons. The van der Waals surface area contributed by atoms with E-state index in [0.717, 1.165) is 42.3 Å². The molecule has 2 aromatic heterocycles. The number of nitrogens with zero attached hydrogens (tertiary/aromatic N) is 2. The summed E-state index contributed by atoms with van der Waals surface area (Å²) < 4.78 is 5.76. The van der Waals surface area contributed by atoms with Crippen molar-refractivity contribution in [3.63, 3.8) is 0 Å². The summed E-state index contributed by atoms with van der Waals surface area (Å²) in [6.07, 6.45) is 2.89. The van der Waals surface area contributed by atoms with Crippen LogP contribution in [0.3, 0.4) is 0 Å². The van der Waals surface area contributed by atoms with Gasteiger partial charge in [-0.3, -0.25) is 9.97 Å². The van der Waals surface area contributed by atoms with Gasteiger partial charge in [-0.1, -0.05) is 13.0 Å². The maximum absolute atomic E-state index is 5.76. The Morgan fingerprint density at radius 3 is 2.80 bits per heavy atom. The van der Waals surface area contributed by atoms with Gasteiger partial charge in [0.2, 0.25) is 0 Å². The Kier molecular flexibility index (Phi) is 5.50. The summed E-state index contributed by atoms with van der Waals surface area (Å²) in [5.74, 6) is 0.809. The Balaban J connectivity index is 1.93. The minimum Gasteiger partial charge on any atom is -0.485 e. The van der Waals surface area contributed by atoms with Crippen LogP contribution in [0.2, 0.25) is 0 Å². The van der Waals surface area contributed by atoms with Gasteiger partial charge in [0.15, 0.2) is 0 Å². The van der Waals surface area contributed by atoms with Gasteiger partial charge in [0.25, 0.3) is 0 Å². The highest BCUT2D eigenvalue weighted by Crippen LogP contribution is 2.15. The van der Waals surface area contributed by atoms with Crippen molar-refractivity contribution >= 4 is 0 Å². The maximum atomic E-state index is 5.76. The van der Waals surface area contributed by atoms with Crippen LogP contribution < -0.4 is 10.1 Å². The SMILES string of the molecule is CCCNCc1cccc(COc2cccnc2C)n1. The van der Waals surface area contributed by atoms with Crippen molar-refractivity contribution in [3.05, 3.63) is 53.6 Å². The standard InChI is InChI=1S/C16H21N3O/c1-3-9-17-11-14-6-4-7-15(19-14)12-20-16-8-5-10-18-13(16)2/h4-8,10,17H,3,9,11-12H2,1-2H3. The van der Waals surface area contributed by atoms with E-state index in [2.05, 4.69) is 22.2 Å². The van der Waals surface area contributed by atoms with E-state index in [1.54, 1.807) is 6.20 Å². The predicted octanol–water partition coefficient (Wildman–Crippen LogP) is 2.86. The zero-order chi connectivity index (χ0) is 14.2. The summed E-state index contributed by atoms with van der Waals surface area (Å²) in [6.45, 7) is 6.37. The molecule has 2 aromatic rings. The van der Waals surface area contributed by atoms with Crippen LogP contribution in [0.1, 0.15) is 30.4 Å². The highest BCUT2D eigenvalue weighted by atomic mass is 16.5. The lowest BCUT2D eigenvalue weighted by molar-refractivity contribution is 0.297. The van der Waals surface area contributed by atoms with Crippen LogP contribution >= 0.6 is 0 Å². The number of nitrogens with one attached hydrogen (secondary N) is 1. The first kappa shape index (κ1) is 14.5. The van der Waals surface area contributed by atoms with Crippen molar-refractivity contribution in [1.29, 1.82) is 0 Å². The number of aromatic nitrogens is 2. The Hall–Kier alpha value is -1.94. The minimum atomic E-state index is 0.466. The van der Waals surface area contributed by atoms with Gasteiger partial charge < -0.3 is 10.1 Å². The zero-order valence-corrected chi connectivity index (χ0v) is 12.1. The molecule has 2 rings (SSSR count). The molecule has 0 aliphatic heterocycles. The summed E-state index contributed by atoms with van der Waals surface area (Å²) in [5.41, 5.74) is 2.87. The molecule has 0 saturated heterocycles. The van der Waals surface area contributed by atoms with Crippen LogP contribution in [-0.2, 0) is 13.2 Å². The first-order valence-electron chi connectivity index (χ1n) is 6.99. The van der Waals surface area contributed by atoms with Gasteiger partial charge >= 0.3 is 0 Å². The normalized spacial score (nSPS) is 10.5. The lowest BCUT2D eigenvalue weighted by Crippen LogP contribution is -2.15. The third kappa shape index (κ3) is 4.31. The van der Waals surface area contributed by atoms with Gasteiger partial charge in [-0.15, -0.1) is 0 Å². The van der Waals surface area contributed by atoms with E-state index in [1.165, 1.54) is 0 Å². The molecule has 20 heavy (non-hydrogen) atoms. The first-order valence-corrected chi connectivity index (χ1v) is 6.99. The van der Waals surface area contributed by atoms with Crippen molar-refractivity contribution in [2.24, 2.45) is 0 Å². The summed E-state index contributed by atoms with van der Waals surface area (Å²) in [7, 11) is 0. The topological polar surface area (TPSA) is 47.0 Å². The molecule has 0 atom stereocenters. The predicted molar refractivity (Wildman–Crippen MR) is 79.5 cm³/mol. The van der Waals surface area contributed by atoms with Crippen LogP contribution in [0.5, 0.6) is 5.75 Å². The van der Waals surface area contributed by atoms with Crippen molar-refractivity contribution < 1.29 is 4.74 Å². The molecule has 4 heteroatoms. The molecule has 0 fully saturated rings. The van der Waals surface area contributed by atoms with Crippen LogP contribution in [0.4, 0.5) is 0 Å². The highest BCUT2D eigenvalue weighted by Gasteiger charge is 2.02. The fourth-order valence-corrected chi connectivity index (χ4v) is 1.88. The smallest absolute Gasteiger partial charge is 0.141 e. The van der Waals surface area contributed by atoms with Gasteiger partial charge in [-0.2, -0.15) is 0 Å². The van der Waals surface area contributed by atoms with Crippen molar-refractivity contribution in [2.75, 3.05) is 6.54 Å². The molecule has 0 aromatic carbocycles. The second-order valence-corrected chi connectivity index (χ2v) is 4.67. The van der Waals surface area contributed by atoms with Crippen LogP contribution in [0, 0.1) is 6.92 Å². The second kappa shape index (κ2) is 7.60. The zero-order valence-electron chi connectivity index (χ0n) is 12.1. The summed E-state index contributed by atoms with van der Waals surface area (Å²) >= 11 is 0. The summed E-state index contributed by atoms with van der Waals surface area (Å²) in [4.78, 5) is 8.78. The first-order chi connectivity index (χ1) is 9.79. The maximum Gasteiger partial charge on any atom is 0.141 e. The molecular formula is C16H21N3O. The average molecular weight is 271 g/mol. The van der Waals surface area contributed by atoms with Gasteiger partial charge in [-0.25, -0.2) is 0 Å². The van der Waals surface area contributed by atoms with Crippen LogP contribution in [0.15, 0.2) is 36.5 Å². The molecule has 0 unspecified atom stereocenters. The quantitative estimate of drug-likeness (QED) is 0.787. The van der Waals surface area contributed by atoms with Gasteiger partial charge in [0.05, 0.1) is 17.1 Å². The van der Waals surface area contributed by atoms with E-state index in [4.69, 9.17) is 4.74 Å². The third-order valence-electron chi connectivity index (χ3n) is 2.93. The molecule has 2 heterocycles. The van der Waals surface area contributed by atoms with Gasteiger partial charge in [0.1, 0.15) is 12.4 Å². The van der Waals surface area contributed by atoms with Crippen LogP contribution in [0.25, 0.3) is 0 Å². The van der Waals surface area contributed by atoms with E-state index < -0.39 is 0 Å². The molecular weight excluding hydrogens is 250 g/mol. The number of hydrogen-bond acceptors (Lipinski definition) is 4. The minimum absolute atomic E-state index is 0.466. The number of aryl methyl sites for hydroxylation is 1. The lowest BCUT2D eigenvalue weighted by Gasteiger charge is -2.09. The van der Waals surface area contributed by atoms with E-state index in [0.29, 0.717) is 6.61 Å². The number of rotatable bonds is 7. The summed E-state index contributed by atoms with van der Waals surface area (Å²) in [5, 5.41) is 3.35. The molecule has 0 saturated carbocycles. The Morgan fingerprint density at radius 2 is 2.00 bits per heavy atom. The molecule has 0 bridgehead atoms. The van der Waals surface area contributed by atoms with E-state index in [-0.39, 0.29) is 0 Å². The molecule has 0 amide bonds. The molecule has 1 N–H and O–H groups in total. The largest absolute Gasteiger partial charge is 0.485 e. The van der Waals surface area contributed by atoms with Crippen molar-refractivity contribution in [2.45, 2.75) is 33.4 Å². The lowest BCUT2D eigenvalue weighted by atomic mass is 10.3. The number of pyridine rings is 2. The molecule has 0 aliphatic rings. The fourth-order valence-electron chi connectivity index (χ4n) is 1.88. The second-order valence-electron chi connectivity index (χ2n) is 4.67. The fraction of sp³-hybridized carbons (Fsp3) is 0.375. The van der Waals surface area contributed by atoms with Crippen LogP contribution in [-0.4, -0.2) is 16.5 Å². The molecule has 4 nitrogen and oxygen atoms in total. The Morgan fingerprint density at radius 1 is 1.15 bits per heavy atom. The molecule has 0 aliphatic carbocycles. The Labute approximate surface area is 120 Å². The highest BCUT2D eigenvalue weighted by molar-refractivity contribution is 5.25. The summed E-state index contributed by atoms with van der Waals surface area (Å²) in [6, 6.07) is 9.83. The van der Waals surface area contributed by atoms with Crippen molar-refractivity contribution in [1.82, 2.24) is 15.3 Å². The van der Waals surface area contributed by atoms with E-state index in [9.17, 15) is 0 Å². The third-order valence-corrected chi connectivity index (χ3v) is 2.93. The van der Waals surface area contributed by atoms with E-state index >= 15 is 0 Å². The van der Waals surface area contributed by atoms with Crippen molar-refractivity contribution in [3.8, 4) is 5.75 Å². The molecule has 0 spiro atoms. The average Bonchev–Trinajstić information content (AvgIpc) is 2.47. The van der Waals surface area contributed by atoms with Gasteiger partial charge in [-0.05, 0) is 44.2 Å². The van der Waals surface area contributed by atoms with E-state index in [1.807, 2.05) is 37.3 Å².